The zero-order valence-electron chi connectivity index (χ0n) is 14.3. The Morgan fingerprint density at radius 1 is 1.04 bits per heavy atom. The number of phenols is 1. The molecule has 0 spiro atoms. The number of pyridine rings is 1. The molecule has 2 heterocycles. The maximum absolute atomic E-state index is 13.1. The van der Waals surface area contributed by atoms with Crippen LogP contribution >= 0.6 is 0 Å². The molecule has 0 saturated carbocycles. The van der Waals surface area contributed by atoms with Gasteiger partial charge in [0.15, 0.2) is 0 Å². The van der Waals surface area contributed by atoms with Gasteiger partial charge in [0.2, 0.25) is 0 Å². The van der Waals surface area contributed by atoms with E-state index in [2.05, 4.69) is 5.32 Å². The minimum atomic E-state index is -0.246. The molecule has 2 aromatic heterocycles. The summed E-state index contributed by atoms with van der Waals surface area (Å²) in [5.41, 5.74) is 4.66. The fourth-order valence-corrected chi connectivity index (χ4v) is 2.92. The molecule has 0 saturated heterocycles. The van der Waals surface area contributed by atoms with Gasteiger partial charge < -0.3 is 10.4 Å². The molecular weight excluding hydrogens is 329 g/mol. The van der Waals surface area contributed by atoms with Crippen molar-refractivity contribution >= 4 is 11.5 Å². The first-order valence-corrected chi connectivity index (χ1v) is 8.36. The van der Waals surface area contributed by atoms with Gasteiger partial charge in [0, 0.05) is 18.3 Å². The summed E-state index contributed by atoms with van der Waals surface area (Å²) in [5, 5.41) is 13.0. The van der Waals surface area contributed by atoms with Crippen molar-refractivity contribution in [1.82, 2.24) is 9.38 Å². The van der Waals surface area contributed by atoms with E-state index in [-0.39, 0.29) is 11.6 Å². The van der Waals surface area contributed by atoms with Crippen molar-refractivity contribution in [1.29, 1.82) is 0 Å². The van der Waals surface area contributed by atoms with Crippen LogP contribution in [0.3, 0.4) is 0 Å². The number of fused-ring (bicyclic) bond motifs is 1. The lowest BCUT2D eigenvalue weighted by molar-refractivity contribution is 0.475. The van der Waals surface area contributed by atoms with Gasteiger partial charge in [0.1, 0.15) is 28.7 Å². The van der Waals surface area contributed by atoms with Crippen molar-refractivity contribution in [3.8, 4) is 17.0 Å². The largest absolute Gasteiger partial charge is 0.508 e. The van der Waals surface area contributed by atoms with E-state index in [1.54, 1.807) is 24.3 Å². The van der Waals surface area contributed by atoms with Gasteiger partial charge in [-0.15, -0.1) is 0 Å². The number of aromatic hydroxyl groups is 1. The normalized spacial score (nSPS) is 11.0. The predicted octanol–water partition coefficient (Wildman–Crippen LogP) is 4.77. The molecule has 0 fully saturated rings. The smallest absolute Gasteiger partial charge is 0.139 e. The highest BCUT2D eigenvalue weighted by Gasteiger charge is 2.14. The van der Waals surface area contributed by atoms with Crippen molar-refractivity contribution in [3.05, 3.63) is 83.8 Å². The lowest BCUT2D eigenvalue weighted by Gasteiger charge is -2.09. The number of phenolic OH excluding ortho intramolecular Hbond substituents is 1. The van der Waals surface area contributed by atoms with E-state index in [1.807, 2.05) is 41.8 Å². The topological polar surface area (TPSA) is 49.6 Å². The minimum absolute atomic E-state index is 0.217. The second-order valence-electron chi connectivity index (χ2n) is 6.27. The number of nitrogens with zero attached hydrogens (tertiary/aromatic N) is 2. The summed E-state index contributed by atoms with van der Waals surface area (Å²) in [5.74, 6) is 0.827. The van der Waals surface area contributed by atoms with Crippen LogP contribution < -0.4 is 5.32 Å². The molecule has 0 bridgehead atoms. The molecule has 0 aliphatic rings. The van der Waals surface area contributed by atoms with Crippen LogP contribution in [0, 0.1) is 12.7 Å². The molecule has 0 aliphatic heterocycles. The van der Waals surface area contributed by atoms with Crippen molar-refractivity contribution in [2.45, 2.75) is 13.5 Å². The first kappa shape index (κ1) is 16.1. The van der Waals surface area contributed by atoms with Crippen LogP contribution in [0.4, 0.5) is 10.2 Å². The monoisotopic (exact) mass is 347 g/mol. The van der Waals surface area contributed by atoms with Gasteiger partial charge in [-0.3, -0.25) is 4.40 Å². The minimum Gasteiger partial charge on any atom is -0.508 e. The van der Waals surface area contributed by atoms with Crippen LogP contribution in [0.1, 0.15) is 11.1 Å². The summed E-state index contributed by atoms with van der Waals surface area (Å²) >= 11 is 0. The average molecular weight is 347 g/mol. The van der Waals surface area contributed by atoms with E-state index in [0.717, 1.165) is 33.8 Å². The number of anilines is 1. The fraction of sp³-hybridized carbons (Fsp3) is 0.0952. The molecule has 0 amide bonds. The number of imidazole rings is 1. The zero-order valence-corrected chi connectivity index (χ0v) is 14.3. The molecule has 0 aliphatic carbocycles. The summed E-state index contributed by atoms with van der Waals surface area (Å²) in [6.07, 6.45) is 1.98. The van der Waals surface area contributed by atoms with Crippen LogP contribution in [-0.4, -0.2) is 14.5 Å². The van der Waals surface area contributed by atoms with E-state index in [1.165, 1.54) is 12.1 Å². The Morgan fingerprint density at radius 3 is 2.50 bits per heavy atom. The third kappa shape index (κ3) is 3.11. The van der Waals surface area contributed by atoms with Crippen molar-refractivity contribution in [3.63, 3.8) is 0 Å². The second-order valence-corrected chi connectivity index (χ2v) is 6.27. The molecule has 2 N–H and O–H groups in total. The average Bonchev–Trinajstić information content (AvgIpc) is 2.99. The molecule has 2 aromatic carbocycles. The fourth-order valence-electron chi connectivity index (χ4n) is 2.92. The number of benzene rings is 2. The number of aryl methyl sites for hydroxylation is 1. The predicted molar refractivity (Wildman–Crippen MR) is 101 cm³/mol. The molecule has 0 atom stereocenters. The Balaban J connectivity index is 1.76. The Bertz CT molecular complexity index is 1050. The van der Waals surface area contributed by atoms with E-state index in [9.17, 15) is 9.50 Å². The van der Waals surface area contributed by atoms with Gasteiger partial charge in [0.25, 0.3) is 0 Å². The number of aromatic nitrogens is 2. The van der Waals surface area contributed by atoms with Gasteiger partial charge in [0.05, 0.1) is 0 Å². The quantitative estimate of drug-likeness (QED) is 0.559. The third-order valence-electron chi connectivity index (χ3n) is 4.30. The summed E-state index contributed by atoms with van der Waals surface area (Å²) in [7, 11) is 0. The number of halogens is 1. The van der Waals surface area contributed by atoms with E-state index < -0.39 is 0 Å². The lowest BCUT2D eigenvalue weighted by atomic mass is 10.1. The van der Waals surface area contributed by atoms with Gasteiger partial charge >= 0.3 is 0 Å². The lowest BCUT2D eigenvalue weighted by Crippen LogP contribution is -2.03. The molecule has 5 heteroatoms. The Morgan fingerprint density at radius 2 is 1.77 bits per heavy atom. The number of nitrogens with one attached hydrogen (secondary N) is 1. The first-order valence-electron chi connectivity index (χ1n) is 8.36. The molecular formula is C21H18FN3O. The molecule has 4 aromatic rings. The van der Waals surface area contributed by atoms with E-state index in [4.69, 9.17) is 4.98 Å². The summed E-state index contributed by atoms with van der Waals surface area (Å²) in [4.78, 5) is 4.76. The Labute approximate surface area is 150 Å². The highest BCUT2D eigenvalue weighted by atomic mass is 19.1. The molecule has 4 nitrogen and oxygen atoms in total. The highest BCUT2D eigenvalue weighted by molar-refractivity contribution is 5.77. The van der Waals surface area contributed by atoms with Crippen LogP contribution in [0.15, 0.2) is 66.9 Å². The Kier molecular flexibility index (Phi) is 4.05. The first-order chi connectivity index (χ1) is 12.6. The van der Waals surface area contributed by atoms with Gasteiger partial charge in [-0.1, -0.05) is 12.1 Å². The molecule has 4 rings (SSSR count). The molecule has 130 valence electrons. The molecule has 0 radical (unpaired) electrons. The van der Waals surface area contributed by atoms with Crippen molar-refractivity contribution in [2.75, 3.05) is 5.32 Å². The summed E-state index contributed by atoms with van der Waals surface area (Å²) in [6, 6.07) is 17.4. The number of rotatable bonds is 4. The highest BCUT2D eigenvalue weighted by Crippen LogP contribution is 2.30. The number of hydrogen-bond acceptors (Lipinski definition) is 3. The van der Waals surface area contributed by atoms with E-state index >= 15 is 0 Å². The van der Waals surface area contributed by atoms with Crippen LogP contribution in [0.25, 0.3) is 16.9 Å². The van der Waals surface area contributed by atoms with Gasteiger partial charge in [-0.05, 0) is 66.6 Å². The maximum Gasteiger partial charge on any atom is 0.139 e. The van der Waals surface area contributed by atoms with Crippen LogP contribution in [-0.2, 0) is 6.54 Å². The maximum atomic E-state index is 13.1. The molecule has 26 heavy (non-hydrogen) atoms. The second kappa shape index (κ2) is 6.52. The SMILES string of the molecule is Cc1ccn2c(NCc3ccc(F)cc3)c(-c3ccc(O)cc3)nc2c1. The van der Waals surface area contributed by atoms with Crippen LogP contribution in [0.2, 0.25) is 0 Å². The standard InChI is InChI=1S/C21H18FN3O/c1-14-10-11-25-19(12-14)24-20(16-4-8-18(26)9-5-16)21(25)23-13-15-2-6-17(22)7-3-15/h2-12,23,26H,13H2,1H3. The zero-order chi connectivity index (χ0) is 18.1. The van der Waals surface area contributed by atoms with Gasteiger partial charge in [-0.25, -0.2) is 9.37 Å². The Hall–Kier alpha value is -3.34. The van der Waals surface area contributed by atoms with Crippen molar-refractivity contribution < 1.29 is 9.50 Å². The van der Waals surface area contributed by atoms with Crippen LogP contribution in [0.5, 0.6) is 5.75 Å². The number of hydrogen-bond donors (Lipinski definition) is 2. The van der Waals surface area contributed by atoms with E-state index in [0.29, 0.717) is 6.54 Å². The summed E-state index contributed by atoms with van der Waals surface area (Å²) in [6.45, 7) is 2.58. The van der Waals surface area contributed by atoms with Gasteiger partial charge in [-0.2, -0.15) is 0 Å². The van der Waals surface area contributed by atoms with Crippen molar-refractivity contribution in [2.24, 2.45) is 0 Å². The third-order valence-corrected chi connectivity index (χ3v) is 4.30. The summed E-state index contributed by atoms with van der Waals surface area (Å²) < 4.78 is 15.1. The molecule has 0 unspecified atom stereocenters.